The summed E-state index contributed by atoms with van der Waals surface area (Å²) in [6.07, 6.45) is 3.22. The Balaban J connectivity index is 2.13. The summed E-state index contributed by atoms with van der Waals surface area (Å²) < 4.78 is 1.68. The lowest BCUT2D eigenvalue weighted by Gasteiger charge is -2.18. The first-order valence-electron chi connectivity index (χ1n) is 6.98. The van der Waals surface area contributed by atoms with Crippen molar-refractivity contribution in [3.8, 4) is 0 Å². The zero-order chi connectivity index (χ0) is 14.2. The molecule has 3 N–H and O–H groups in total. The maximum atomic E-state index is 12.4. The molecule has 1 aliphatic rings. The zero-order valence-corrected chi connectivity index (χ0v) is 12.3. The maximum absolute atomic E-state index is 12.4. The van der Waals surface area contributed by atoms with Crippen molar-refractivity contribution in [2.45, 2.75) is 59.5 Å². The van der Waals surface area contributed by atoms with Gasteiger partial charge in [-0.2, -0.15) is 5.10 Å². The predicted octanol–water partition coefficient (Wildman–Crippen LogP) is 2.10. The molecule has 0 aromatic carbocycles. The van der Waals surface area contributed by atoms with Gasteiger partial charge in [-0.1, -0.05) is 13.8 Å². The maximum Gasteiger partial charge on any atom is 0.271 e. The van der Waals surface area contributed by atoms with Crippen LogP contribution in [-0.4, -0.2) is 21.7 Å². The van der Waals surface area contributed by atoms with Gasteiger partial charge in [-0.25, -0.2) is 0 Å². The molecule has 1 fully saturated rings. The number of rotatable bonds is 3. The normalized spacial score (nSPS) is 21.6. The number of carbonyl (C=O) groups is 1. The van der Waals surface area contributed by atoms with Gasteiger partial charge in [0.05, 0.1) is 11.4 Å². The van der Waals surface area contributed by atoms with E-state index in [0.717, 1.165) is 25.0 Å². The van der Waals surface area contributed by atoms with Crippen LogP contribution in [0.5, 0.6) is 0 Å². The smallest absolute Gasteiger partial charge is 0.271 e. The highest BCUT2D eigenvalue weighted by Crippen LogP contribution is 2.37. The molecule has 1 aromatic heterocycles. The average molecular weight is 264 g/mol. The van der Waals surface area contributed by atoms with Gasteiger partial charge in [0.25, 0.3) is 5.91 Å². The van der Waals surface area contributed by atoms with Crippen LogP contribution in [0.15, 0.2) is 0 Å². The molecule has 2 rings (SSSR count). The summed E-state index contributed by atoms with van der Waals surface area (Å²) in [4.78, 5) is 12.4. The topological polar surface area (TPSA) is 72.9 Å². The Morgan fingerprint density at radius 3 is 2.79 bits per heavy atom. The highest BCUT2D eigenvalue weighted by molar-refractivity contribution is 5.98. The summed E-state index contributed by atoms with van der Waals surface area (Å²) in [5.74, 6) is -0.0948. The molecule has 19 heavy (non-hydrogen) atoms. The third-order valence-electron chi connectivity index (χ3n) is 3.99. The number of nitrogens with zero attached hydrogens (tertiary/aromatic N) is 2. The number of amides is 1. The quantitative estimate of drug-likeness (QED) is 0.878. The predicted molar refractivity (Wildman–Crippen MR) is 75.9 cm³/mol. The van der Waals surface area contributed by atoms with E-state index in [-0.39, 0.29) is 11.9 Å². The molecule has 1 saturated carbocycles. The second-order valence-electron chi connectivity index (χ2n) is 6.24. The van der Waals surface area contributed by atoms with Gasteiger partial charge in [-0.05, 0) is 38.5 Å². The van der Waals surface area contributed by atoms with Crippen molar-refractivity contribution in [3.05, 3.63) is 11.4 Å². The third-order valence-corrected chi connectivity index (χ3v) is 3.99. The lowest BCUT2D eigenvalue weighted by Crippen LogP contribution is -2.35. The molecular weight excluding hydrogens is 240 g/mol. The van der Waals surface area contributed by atoms with E-state index in [0.29, 0.717) is 23.3 Å². The monoisotopic (exact) mass is 264 g/mol. The lowest BCUT2D eigenvalue weighted by molar-refractivity contribution is 0.0926. The second-order valence-corrected chi connectivity index (χ2v) is 6.24. The summed E-state index contributed by atoms with van der Waals surface area (Å²) in [7, 11) is 0. The van der Waals surface area contributed by atoms with Crippen LogP contribution in [0.3, 0.4) is 0 Å². The first-order valence-corrected chi connectivity index (χ1v) is 6.98. The molecule has 106 valence electrons. The lowest BCUT2D eigenvalue weighted by atomic mass is 9.92. The number of aromatic nitrogens is 2. The fraction of sp³-hybridized carbons (Fsp3) is 0.714. The molecule has 0 saturated heterocycles. The molecule has 1 aliphatic carbocycles. The van der Waals surface area contributed by atoms with Gasteiger partial charge in [-0.15, -0.1) is 0 Å². The minimum Gasteiger partial charge on any atom is -0.395 e. The minimum atomic E-state index is -0.0948. The van der Waals surface area contributed by atoms with Crippen molar-refractivity contribution in [2.75, 3.05) is 5.73 Å². The van der Waals surface area contributed by atoms with Crippen molar-refractivity contribution in [1.82, 2.24) is 15.1 Å². The van der Waals surface area contributed by atoms with Crippen LogP contribution in [-0.2, 0) is 6.54 Å². The standard InChI is InChI=1S/C14H24N4O/c1-5-18-12(11(15)9(2)17-18)13(19)16-10-6-7-14(3,4)8-10/h10H,5-8,15H2,1-4H3,(H,16,19). The summed E-state index contributed by atoms with van der Waals surface area (Å²) in [5, 5.41) is 7.38. The second kappa shape index (κ2) is 4.87. The SMILES string of the molecule is CCn1nc(C)c(N)c1C(=O)NC1CCC(C)(C)C1. The van der Waals surface area contributed by atoms with Gasteiger partial charge in [0, 0.05) is 12.6 Å². The van der Waals surface area contributed by atoms with Crippen molar-refractivity contribution in [1.29, 1.82) is 0 Å². The van der Waals surface area contributed by atoms with E-state index in [9.17, 15) is 4.79 Å². The van der Waals surface area contributed by atoms with Crippen molar-refractivity contribution >= 4 is 11.6 Å². The van der Waals surface area contributed by atoms with Crippen LogP contribution in [0.4, 0.5) is 5.69 Å². The molecule has 5 nitrogen and oxygen atoms in total. The van der Waals surface area contributed by atoms with Crippen molar-refractivity contribution in [3.63, 3.8) is 0 Å². The van der Waals surface area contributed by atoms with E-state index in [1.165, 1.54) is 0 Å². The van der Waals surface area contributed by atoms with Crippen LogP contribution in [0.1, 0.15) is 56.2 Å². The zero-order valence-electron chi connectivity index (χ0n) is 12.3. The summed E-state index contributed by atoms with van der Waals surface area (Å²) >= 11 is 0. The molecule has 1 aromatic rings. The minimum absolute atomic E-state index is 0.0948. The van der Waals surface area contributed by atoms with Crippen LogP contribution in [0, 0.1) is 12.3 Å². The van der Waals surface area contributed by atoms with E-state index in [4.69, 9.17) is 5.73 Å². The Hall–Kier alpha value is -1.52. The molecule has 1 atom stereocenters. The van der Waals surface area contributed by atoms with Crippen LogP contribution in [0.25, 0.3) is 0 Å². The number of carbonyl (C=O) groups excluding carboxylic acids is 1. The van der Waals surface area contributed by atoms with Crippen molar-refractivity contribution in [2.24, 2.45) is 5.41 Å². The highest BCUT2D eigenvalue weighted by atomic mass is 16.2. The van der Waals surface area contributed by atoms with Gasteiger partial charge < -0.3 is 11.1 Å². The van der Waals surface area contributed by atoms with Gasteiger partial charge >= 0.3 is 0 Å². The Labute approximate surface area is 114 Å². The Morgan fingerprint density at radius 1 is 1.58 bits per heavy atom. The van der Waals surface area contributed by atoms with Crippen LogP contribution < -0.4 is 11.1 Å². The molecule has 0 aliphatic heterocycles. The van der Waals surface area contributed by atoms with E-state index in [2.05, 4.69) is 24.3 Å². The Bertz CT molecular complexity index is 490. The fourth-order valence-corrected chi connectivity index (χ4v) is 2.88. The van der Waals surface area contributed by atoms with Gasteiger partial charge in [0.1, 0.15) is 5.69 Å². The van der Waals surface area contributed by atoms with E-state index in [1.54, 1.807) is 4.68 Å². The first kappa shape index (κ1) is 13.9. The number of hydrogen-bond acceptors (Lipinski definition) is 3. The molecule has 0 radical (unpaired) electrons. The van der Waals surface area contributed by atoms with Gasteiger partial charge in [0.15, 0.2) is 0 Å². The Kier molecular flexibility index (Phi) is 3.56. The summed E-state index contributed by atoms with van der Waals surface area (Å²) in [6.45, 7) is 8.93. The molecule has 1 unspecified atom stereocenters. The first-order chi connectivity index (χ1) is 8.84. The van der Waals surface area contributed by atoms with E-state index < -0.39 is 0 Å². The molecule has 0 spiro atoms. The number of anilines is 1. The molecule has 1 amide bonds. The van der Waals surface area contributed by atoms with E-state index in [1.807, 2.05) is 13.8 Å². The number of nitrogens with two attached hydrogens (primary N) is 1. The molecular formula is C14H24N4O. The Morgan fingerprint density at radius 2 is 2.26 bits per heavy atom. The highest BCUT2D eigenvalue weighted by Gasteiger charge is 2.32. The van der Waals surface area contributed by atoms with Crippen LogP contribution in [0.2, 0.25) is 0 Å². The molecule has 5 heteroatoms. The number of nitrogen functional groups attached to an aromatic ring is 1. The number of hydrogen-bond donors (Lipinski definition) is 2. The molecule has 1 heterocycles. The fourth-order valence-electron chi connectivity index (χ4n) is 2.88. The largest absolute Gasteiger partial charge is 0.395 e. The third kappa shape index (κ3) is 2.74. The van der Waals surface area contributed by atoms with Gasteiger partial charge in [0.2, 0.25) is 0 Å². The average Bonchev–Trinajstić information content (AvgIpc) is 2.80. The molecule has 0 bridgehead atoms. The number of nitrogens with one attached hydrogen (secondary N) is 1. The number of aryl methyl sites for hydroxylation is 2. The van der Waals surface area contributed by atoms with Crippen molar-refractivity contribution < 1.29 is 4.79 Å². The van der Waals surface area contributed by atoms with Gasteiger partial charge in [-0.3, -0.25) is 9.48 Å². The van der Waals surface area contributed by atoms with E-state index >= 15 is 0 Å². The summed E-state index contributed by atoms with van der Waals surface area (Å²) in [6, 6.07) is 0.252. The summed E-state index contributed by atoms with van der Waals surface area (Å²) in [5.41, 5.74) is 8.01. The van der Waals surface area contributed by atoms with Crippen LogP contribution >= 0.6 is 0 Å².